The number of halogens is 3. The lowest BCUT2D eigenvalue weighted by atomic mass is 10.0. The van der Waals surface area contributed by atoms with Crippen molar-refractivity contribution in [2.24, 2.45) is 0 Å². The van der Waals surface area contributed by atoms with Crippen LogP contribution in [-0.4, -0.2) is 23.5 Å². The highest BCUT2D eigenvalue weighted by atomic mass is 19.4. The molecule has 0 spiro atoms. The van der Waals surface area contributed by atoms with Crippen LogP contribution >= 0.6 is 0 Å². The van der Waals surface area contributed by atoms with Crippen LogP contribution in [0.3, 0.4) is 0 Å². The summed E-state index contributed by atoms with van der Waals surface area (Å²) < 4.78 is 42.7. The van der Waals surface area contributed by atoms with Crippen molar-refractivity contribution < 1.29 is 27.8 Å². The van der Waals surface area contributed by atoms with Gasteiger partial charge in [0.05, 0.1) is 11.6 Å². The largest absolute Gasteiger partial charge is 0.511 e. The van der Waals surface area contributed by atoms with Gasteiger partial charge in [-0.15, -0.1) is 0 Å². The van der Waals surface area contributed by atoms with Gasteiger partial charge in [0.15, 0.2) is 6.04 Å². The molecule has 0 aliphatic carbocycles. The Bertz CT molecular complexity index is 632. The molecule has 0 saturated carbocycles. The summed E-state index contributed by atoms with van der Waals surface area (Å²) in [5.74, 6) is -0.785. The summed E-state index contributed by atoms with van der Waals surface area (Å²) in [7, 11) is 0. The van der Waals surface area contributed by atoms with Crippen molar-refractivity contribution in [1.82, 2.24) is 0 Å². The Hall–Kier alpha value is -2.69. The third kappa shape index (κ3) is 2.66. The molecule has 1 aromatic rings. The monoisotopic (exact) mass is 284 g/mol. The zero-order valence-electron chi connectivity index (χ0n) is 9.73. The lowest BCUT2D eigenvalue weighted by Gasteiger charge is -2.28. The summed E-state index contributed by atoms with van der Waals surface area (Å²) in [5.41, 5.74) is 0.631. The van der Waals surface area contributed by atoms with Crippen molar-refractivity contribution >= 4 is 17.9 Å². The second-order valence-corrected chi connectivity index (χ2v) is 3.95. The molecule has 0 fully saturated rings. The van der Waals surface area contributed by atoms with E-state index in [9.17, 15) is 18.0 Å². The van der Waals surface area contributed by atoms with Crippen LogP contribution < -0.4 is 5.32 Å². The quantitative estimate of drug-likeness (QED) is 0.775. The minimum atomic E-state index is -4.72. The molecule has 1 atom stereocenters. The lowest BCUT2D eigenvalue weighted by Crippen LogP contribution is -2.40. The van der Waals surface area contributed by atoms with Gasteiger partial charge >= 0.3 is 12.3 Å². The first-order valence-corrected chi connectivity index (χ1v) is 5.31. The van der Waals surface area contributed by atoms with Crippen molar-refractivity contribution in [1.29, 1.82) is 5.26 Å². The molecule has 1 aliphatic rings. The molecule has 1 aliphatic heterocycles. The van der Waals surface area contributed by atoms with E-state index in [0.29, 0.717) is 0 Å². The Morgan fingerprint density at radius 2 is 2.15 bits per heavy atom. The van der Waals surface area contributed by atoms with E-state index in [1.165, 1.54) is 18.2 Å². The highest BCUT2D eigenvalue weighted by Crippen LogP contribution is 2.36. The van der Waals surface area contributed by atoms with Gasteiger partial charge in [0.25, 0.3) is 0 Å². The summed E-state index contributed by atoms with van der Waals surface area (Å²) in [6.07, 6.45) is -5.60. The third-order valence-corrected chi connectivity index (χ3v) is 2.60. The zero-order chi connectivity index (χ0) is 14.9. The third-order valence-electron chi connectivity index (χ3n) is 2.60. The number of alkyl halides is 3. The van der Waals surface area contributed by atoms with Gasteiger partial charge in [0.1, 0.15) is 5.76 Å². The van der Waals surface area contributed by atoms with E-state index in [0.717, 1.165) is 6.08 Å². The van der Waals surface area contributed by atoms with E-state index >= 15 is 0 Å². The van der Waals surface area contributed by atoms with Crippen LogP contribution in [0.1, 0.15) is 11.1 Å². The smallest absolute Gasteiger partial charge is 0.449 e. The SMILES string of the molecule is N#Cc1ccc2c(c1)C=C(OC(=O)O)C(C(F)(F)F)N2. The number of benzene rings is 1. The van der Waals surface area contributed by atoms with Crippen molar-refractivity contribution in [3.63, 3.8) is 0 Å². The number of carbonyl (C=O) groups is 1. The molecule has 20 heavy (non-hydrogen) atoms. The number of carboxylic acid groups (broad SMARTS) is 1. The van der Waals surface area contributed by atoms with Crippen LogP contribution in [0.2, 0.25) is 0 Å². The molecule has 1 aromatic carbocycles. The van der Waals surface area contributed by atoms with Crippen molar-refractivity contribution in [2.75, 3.05) is 5.32 Å². The van der Waals surface area contributed by atoms with E-state index in [-0.39, 0.29) is 16.8 Å². The standard InChI is InChI=1S/C12H7F3N2O3/c13-12(14,15)10-9(20-11(18)19)4-7-3-6(5-16)1-2-8(7)17-10/h1-4,10,17H,(H,18,19). The maximum absolute atomic E-state index is 12.9. The van der Waals surface area contributed by atoms with Crippen LogP contribution in [0, 0.1) is 11.3 Å². The molecule has 0 amide bonds. The van der Waals surface area contributed by atoms with E-state index in [4.69, 9.17) is 10.4 Å². The molecule has 104 valence electrons. The molecule has 0 bridgehead atoms. The van der Waals surface area contributed by atoms with Gasteiger partial charge in [-0.3, -0.25) is 0 Å². The Morgan fingerprint density at radius 1 is 1.45 bits per heavy atom. The van der Waals surface area contributed by atoms with Crippen molar-refractivity contribution in [3.8, 4) is 6.07 Å². The second kappa shape index (κ2) is 4.77. The molecular weight excluding hydrogens is 277 g/mol. The van der Waals surface area contributed by atoms with Crippen LogP contribution in [0.25, 0.3) is 6.08 Å². The number of anilines is 1. The Kier molecular flexibility index (Phi) is 3.28. The van der Waals surface area contributed by atoms with Gasteiger partial charge in [0, 0.05) is 11.3 Å². The summed E-state index contributed by atoms with van der Waals surface area (Å²) in [6.45, 7) is 0. The summed E-state index contributed by atoms with van der Waals surface area (Å²) in [4.78, 5) is 10.5. The normalized spacial score (nSPS) is 17.3. The van der Waals surface area contributed by atoms with Gasteiger partial charge in [-0.25, -0.2) is 4.79 Å². The van der Waals surface area contributed by atoms with Gasteiger partial charge in [-0.2, -0.15) is 18.4 Å². The van der Waals surface area contributed by atoms with E-state index in [1.54, 1.807) is 0 Å². The highest BCUT2D eigenvalue weighted by Gasteiger charge is 2.45. The van der Waals surface area contributed by atoms with Gasteiger partial charge in [-0.1, -0.05) is 0 Å². The molecule has 1 unspecified atom stereocenters. The summed E-state index contributed by atoms with van der Waals surface area (Å²) in [6, 6.07) is 3.60. The average Bonchev–Trinajstić information content (AvgIpc) is 2.35. The number of nitrogens with zero attached hydrogens (tertiary/aromatic N) is 1. The molecule has 8 heteroatoms. The molecule has 0 radical (unpaired) electrons. The maximum atomic E-state index is 12.9. The number of ether oxygens (including phenoxy) is 1. The second-order valence-electron chi connectivity index (χ2n) is 3.95. The zero-order valence-corrected chi connectivity index (χ0v) is 9.73. The Labute approximate surface area is 110 Å². The number of hydrogen-bond donors (Lipinski definition) is 2. The Morgan fingerprint density at radius 3 is 2.70 bits per heavy atom. The van der Waals surface area contributed by atoms with Crippen LogP contribution in [-0.2, 0) is 4.74 Å². The molecule has 0 aromatic heterocycles. The van der Waals surface area contributed by atoms with Gasteiger partial charge in [-0.05, 0) is 24.3 Å². The van der Waals surface area contributed by atoms with Crippen molar-refractivity contribution in [3.05, 3.63) is 35.1 Å². The Balaban J connectivity index is 2.48. The molecule has 1 heterocycles. The van der Waals surface area contributed by atoms with Crippen LogP contribution in [0.5, 0.6) is 0 Å². The highest BCUT2D eigenvalue weighted by molar-refractivity contribution is 5.75. The number of hydrogen-bond acceptors (Lipinski definition) is 4. The van der Waals surface area contributed by atoms with Crippen LogP contribution in [0.4, 0.5) is 23.7 Å². The van der Waals surface area contributed by atoms with Crippen LogP contribution in [0.15, 0.2) is 24.0 Å². The van der Waals surface area contributed by atoms with Gasteiger partial charge in [0.2, 0.25) is 0 Å². The maximum Gasteiger partial charge on any atom is 0.511 e. The summed E-state index contributed by atoms with van der Waals surface area (Å²) >= 11 is 0. The molecule has 0 saturated heterocycles. The predicted molar refractivity (Wildman–Crippen MR) is 61.7 cm³/mol. The fourth-order valence-electron chi connectivity index (χ4n) is 1.78. The fraction of sp³-hybridized carbons (Fsp3) is 0.167. The van der Waals surface area contributed by atoms with Gasteiger partial charge < -0.3 is 15.2 Å². The topological polar surface area (TPSA) is 82.3 Å². The first-order chi connectivity index (χ1) is 9.31. The average molecular weight is 284 g/mol. The fourth-order valence-corrected chi connectivity index (χ4v) is 1.78. The molecule has 2 N–H and O–H groups in total. The molecule has 2 rings (SSSR count). The predicted octanol–water partition coefficient (Wildman–Crippen LogP) is 2.95. The first-order valence-electron chi connectivity index (χ1n) is 5.31. The van der Waals surface area contributed by atoms with E-state index in [2.05, 4.69) is 10.1 Å². The molecule has 5 nitrogen and oxygen atoms in total. The number of rotatable bonds is 1. The minimum Gasteiger partial charge on any atom is -0.449 e. The number of fused-ring (bicyclic) bond motifs is 1. The lowest BCUT2D eigenvalue weighted by molar-refractivity contribution is -0.140. The summed E-state index contributed by atoms with van der Waals surface area (Å²) in [5, 5.41) is 19.4. The van der Waals surface area contributed by atoms with E-state index in [1.807, 2.05) is 6.07 Å². The first kappa shape index (κ1) is 13.7. The minimum absolute atomic E-state index is 0.143. The molecular formula is C12H7F3N2O3. The number of nitrogens with one attached hydrogen (secondary N) is 1. The van der Waals surface area contributed by atoms with Crippen molar-refractivity contribution in [2.45, 2.75) is 12.2 Å². The van der Waals surface area contributed by atoms with E-state index < -0.39 is 24.1 Å². The number of nitriles is 1.